The first-order valence-corrected chi connectivity index (χ1v) is 7.87. The molecule has 0 aliphatic rings. The molecule has 0 radical (unpaired) electrons. The van der Waals surface area contributed by atoms with Gasteiger partial charge in [0.15, 0.2) is 0 Å². The van der Waals surface area contributed by atoms with E-state index >= 15 is 0 Å². The van der Waals surface area contributed by atoms with Gasteiger partial charge in [0.2, 0.25) is 0 Å². The van der Waals surface area contributed by atoms with E-state index in [1.807, 2.05) is 0 Å². The minimum absolute atomic E-state index is 0.0416. The molecular weight excluding hydrogens is 324 g/mol. The molecule has 4 nitrogen and oxygen atoms in total. The molecule has 116 valence electrons. The predicted octanol–water partition coefficient (Wildman–Crippen LogP) is 4.26. The minimum atomic E-state index is -1.01. The Kier molecular flexibility index (Phi) is 5.21. The molecule has 6 heteroatoms. The molecule has 0 bridgehead atoms. The van der Waals surface area contributed by atoms with E-state index in [1.165, 1.54) is 6.07 Å². The minimum Gasteiger partial charge on any atom is -0.477 e. The maximum atomic E-state index is 11.9. The highest BCUT2D eigenvalue weighted by atomic mass is 35.5. The van der Waals surface area contributed by atoms with Gasteiger partial charge in [-0.1, -0.05) is 23.7 Å². The van der Waals surface area contributed by atoms with E-state index in [-0.39, 0.29) is 23.4 Å². The number of thiophene rings is 1. The van der Waals surface area contributed by atoms with Crippen LogP contribution in [0.1, 0.15) is 29.1 Å². The summed E-state index contributed by atoms with van der Waals surface area (Å²) in [6.07, 6.45) is -0.163. The lowest BCUT2D eigenvalue weighted by Crippen LogP contribution is -2.13. The van der Waals surface area contributed by atoms with Gasteiger partial charge in [0.25, 0.3) is 0 Å². The van der Waals surface area contributed by atoms with Crippen molar-refractivity contribution < 1.29 is 19.4 Å². The molecule has 0 aliphatic heterocycles. The molecular formula is C16H15ClO4S. The number of benzene rings is 1. The Labute approximate surface area is 137 Å². The number of carboxylic acids is 1. The second-order valence-corrected chi connectivity index (χ2v) is 6.48. The second-order valence-electron chi connectivity index (χ2n) is 4.99. The molecule has 0 aliphatic carbocycles. The molecule has 0 saturated heterocycles. The Hall–Kier alpha value is -1.85. The molecule has 0 unspecified atom stereocenters. The first-order valence-electron chi connectivity index (χ1n) is 6.68. The Bertz CT molecular complexity index is 689. The van der Waals surface area contributed by atoms with Gasteiger partial charge in [0.05, 0.1) is 12.5 Å². The molecule has 22 heavy (non-hydrogen) atoms. The monoisotopic (exact) mass is 338 g/mol. The summed E-state index contributed by atoms with van der Waals surface area (Å²) in [5.41, 5.74) is 1.48. The lowest BCUT2D eigenvalue weighted by molar-refractivity contribution is -0.146. The van der Waals surface area contributed by atoms with Crippen molar-refractivity contribution in [3.8, 4) is 10.4 Å². The van der Waals surface area contributed by atoms with Gasteiger partial charge in [0, 0.05) is 9.90 Å². The average molecular weight is 339 g/mol. The number of ether oxygens (including phenoxy) is 1. The Balaban J connectivity index is 2.37. The third kappa shape index (κ3) is 4.08. The Morgan fingerprint density at radius 1 is 1.27 bits per heavy atom. The summed E-state index contributed by atoms with van der Waals surface area (Å²) in [6.45, 7) is 3.54. The van der Waals surface area contributed by atoms with Crippen LogP contribution >= 0.6 is 22.9 Å². The van der Waals surface area contributed by atoms with Crippen molar-refractivity contribution in [2.45, 2.75) is 26.4 Å². The summed E-state index contributed by atoms with van der Waals surface area (Å²) >= 11 is 7.01. The number of hydrogen-bond acceptors (Lipinski definition) is 4. The molecule has 2 aromatic rings. The van der Waals surface area contributed by atoms with Crippen LogP contribution in [0.25, 0.3) is 10.4 Å². The molecule has 1 aromatic heterocycles. The third-order valence-corrected chi connectivity index (χ3v) is 4.29. The van der Waals surface area contributed by atoms with Gasteiger partial charge >= 0.3 is 11.9 Å². The van der Waals surface area contributed by atoms with E-state index in [9.17, 15) is 9.59 Å². The van der Waals surface area contributed by atoms with Crippen molar-refractivity contribution in [3.63, 3.8) is 0 Å². The van der Waals surface area contributed by atoms with Gasteiger partial charge < -0.3 is 9.84 Å². The van der Waals surface area contributed by atoms with E-state index in [0.29, 0.717) is 10.6 Å². The normalized spacial score (nSPS) is 10.7. The molecule has 1 N–H and O–H groups in total. The number of esters is 1. The highest BCUT2D eigenvalue weighted by Crippen LogP contribution is 2.34. The number of hydrogen-bond donors (Lipinski definition) is 1. The highest BCUT2D eigenvalue weighted by molar-refractivity contribution is 7.17. The average Bonchev–Trinajstić information content (AvgIpc) is 2.82. The zero-order valence-electron chi connectivity index (χ0n) is 12.1. The maximum Gasteiger partial charge on any atom is 0.345 e. The van der Waals surface area contributed by atoms with E-state index in [2.05, 4.69) is 0 Å². The van der Waals surface area contributed by atoms with Crippen LogP contribution in [0, 0.1) is 0 Å². The van der Waals surface area contributed by atoms with Crippen LogP contribution in [-0.4, -0.2) is 23.1 Å². The first-order chi connectivity index (χ1) is 10.4. The maximum absolute atomic E-state index is 11.9. The fraction of sp³-hybridized carbons (Fsp3) is 0.250. The van der Waals surface area contributed by atoms with Gasteiger partial charge in [-0.25, -0.2) is 4.79 Å². The second kappa shape index (κ2) is 6.94. The summed E-state index contributed by atoms with van der Waals surface area (Å²) in [7, 11) is 0. The Morgan fingerprint density at radius 3 is 2.45 bits per heavy atom. The zero-order valence-corrected chi connectivity index (χ0v) is 13.7. The van der Waals surface area contributed by atoms with Gasteiger partial charge in [-0.3, -0.25) is 4.79 Å². The number of carbonyl (C=O) groups excluding carboxylic acids is 1. The van der Waals surface area contributed by atoms with Crippen LogP contribution in [0.3, 0.4) is 0 Å². The summed E-state index contributed by atoms with van der Waals surface area (Å²) < 4.78 is 5.13. The third-order valence-electron chi connectivity index (χ3n) is 2.83. The van der Waals surface area contributed by atoms with Crippen LogP contribution in [0.15, 0.2) is 30.3 Å². The summed E-state index contributed by atoms with van der Waals surface area (Å²) in [4.78, 5) is 24.0. The van der Waals surface area contributed by atoms with Crippen molar-refractivity contribution in [2.75, 3.05) is 0 Å². The molecule has 2 rings (SSSR count). The number of aromatic carboxylic acids is 1. The highest BCUT2D eigenvalue weighted by Gasteiger charge is 2.18. The van der Waals surface area contributed by atoms with Crippen molar-refractivity contribution in [3.05, 3.63) is 45.8 Å². The van der Waals surface area contributed by atoms with Crippen LogP contribution in [0.2, 0.25) is 5.02 Å². The smallest absolute Gasteiger partial charge is 0.345 e. The molecule has 0 amide bonds. The number of carboxylic acid groups (broad SMARTS) is 1. The van der Waals surface area contributed by atoms with E-state index in [4.69, 9.17) is 21.4 Å². The summed E-state index contributed by atoms with van der Waals surface area (Å²) in [5.74, 6) is -1.39. The van der Waals surface area contributed by atoms with Gasteiger partial charge in [-0.2, -0.15) is 0 Å². The SMILES string of the molecule is CC(C)OC(=O)Cc1cc(C(=O)O)sc1-c1ccc(Cl)cc1. The predicted molar refractivity (Wildman–Crippen MR) is 86.7 cm³/mol. The Morgan fingerprint density at radius 2 is 1.91 bits per heavy atom. The van der Waals surface area contributed by atoms with Crippen molar-refractivity contribution >= 4 is 34.9 Å². The number of halogens is 1. The fourth-order valence-electron chi connectivity index (χ4n) is 1.97. The standard InChI is InChI=1S/C16H15ClO4S/c1-9(2)21-14(18)8-11-7-13(16(19)20)22-15(11)10-3-5-12(17)6-4-10/h3-7,9H,8H2,1-2H3,(H,19,20). The molecule has 1 aromatic carbocycles. The van der Waals surface area contributed by atoms with Gasteiger partial charge in [0.1, 0.15) is 4.88 Å². The quantitative estimate of drug-likeness (QED) is 0.827. The summed E-state index contributed by atoms with van der Waals surface area (Å²) in [5, 5.41) is 9.76. The lowest BCUT2D eigenvalue weighted by Gasteiger charge is -2.08. The van der Waals surface area contributed by atoms with Crippen molar-refractivity contribution in [1.29, 1.82) is 0 Å². The van der Waals surface area contributed by atoms with E-state index < -0.39 is 5.97 Å². The zero-order chi connectivity index (χ0) is 16.3. The number of carbonyl (C=O) groups is 2. The summed E-state index contributed by atoms with van der Waals surface area (Å²) in [6, 6.07) is 8.59. The van der Waals surface area contributed by atoms with E-state index in [0.717, 1.165) is 21.8 Å². The van der Waals surface area contributed by atoms with Gasteiger partial charge in [-0.15, -0.1) is 11.3 Å². The fourth-order valence-corrected chi connectivity index (χ4v) is 3.12. The van der Waals surface area contributed by atoms with Crippen LogP contribution < -0.4 is 0 Å². The largest absolute Gasteiger partial charge is 0.477 e. The van der Waals surface area contributed by atoms with Crippen molar-refractivity contribution in [2.24, 2.45) is 0 Å². The van der Waals surface area contributed by atoms with E-state index in [1.54, 1.807) is 38.1 Å². The van der Waals surface area contributed by atoms with Gasteiger partial charge in [-0.05, 0) is 43.2 Å². The van der Waals surface area contributed by atoms with Crippen LogP contribution in [0.4, 0.5) is 0 Å². The topological polar surface area (TPSA) is 63.6 Å². The van der Waals surface area contributed by atoms with Crippen LogP contribution in [-0.2, 0) is 16.0 Å². The van der Waals surface area contributed by atoms with Crippen molar-refractivity contribution in [1.82, 2.24) is 0 Å². The molecule has 1 heterocycles. The number of rotatable bonds is 5. The lowest BCUT2D eigenvalue weighted by atomic mass is 10.1. The molecule has 0 saturated carbocycles. The molecule has 0 atom stereocenters. The molecule has 0 fully saturated rings. The van der Waals surface area contributed by atoms with Crippen LogP contribution in [0.5, 0.6) is 0 Å². The first kappa shape index (κ1) is 16.5. The molecule has 0 spiro atoms.